The molecular formula is C14H18F2N2. The summed E-state index contributed by atoms with van der Waals surface area (Å²) < 4.78 is 26.7. The van der Waals surface area contributed by atoms with Crippen molar-refractivity contribution < 1.29 is 8.78 Å². The van der Waals surface area contributed by atoms with Crippen LogP contribution in [0.25, 0.3) is 0 Å². The lowest BCUT2D eigenvalue weighted by molar-refractivity contribution is 0.333. The zero-order valence-corrected chi connectivity index (χ0v) is 10.2. The topological polar surface area (TPSA) is 38.0 Å². The van der Waals surface area contributed by atoms with Crippen molar-refractivity contribution in [1.29, 1.82) is 0 Å². The van der Waals surface area contributed by atoms with Crippen LogP contribution in [0.2, 0.25) is 0 Å². The van der Waals surface area contributed by atoms with Gasteiger partial charge in [0.25, 0.3) is 0 Å². The summed E-state index contributed by atoms with van der Waals surface area (Å²) in [6.07, 6.45) is 4.17. The van der Waals surface area contributed by atoms with E-state index in [4.69, 9.17) is 5.84 Å². The maximum atomic E-state index is 13.6. The van der Waals surface area contributed by atoms with E-state index >= 15 is 0 Å². The SMILES string of the molecule is NNC(Cc1cc(F)ccc1F)C1CC2CC2C1. The predicted molar refractivity (Wildman–Crippen MR) is 65.5 cm³/mol. The lowest BCUT2D eigenvalue weighted by Crippen LogP contribution is -2.42. The highest BCUT2D eigenvalue weighted by Gasteiger charge is 2.47. The Kier molecular flexibility index (Phi) is 3.08. The predicted octanol–water partition coefficient (Wildman–Crippen LogP) is 2.39. The van der Waals surface area contributed by atoms with Crippen molar-refractivity contribution >= 4 is 0 Å². The van der Waals surface area contributed by atoms with Crippen molar-refractivity contribution in [2.45, 2.75) is 31.7 Å². The Morgan fingerprint density at radius 3 is 2.61 bits per heavy atom. The smallest absolute Gasteiger partial charge is 0.126 e. The molecule has 3 atom stereocenters. The van der Waals surface area contributed by atoms with E-state index in [1.807, 2.05) is 0 Å². The minimum atomic E-state index is -0.392. The molecule has 2 nitrogen and oxygen atoms in total. The van der Waals surface area contributed by atoms with Crippen molar-refractivity contribution in [3.63, 3.8) is 0 Å². The number of hydrogen-bond acceptors (Lipinski definition) is 2. The van der Waals surface area contributed by atoms with Gasteiger partial charge >= 0.3 is 0 Å². The second kappa shape index (κ2) is 4.59. The van der Waals surface area contributed by atoms with E-state index in [1.165, 1.54) is 31.4 Å². The van der Waals surface area contributed by atoms with E-state index in [9.17, 15) is 8.78 Å². The fourth-order valence-electron chi connectivity index (χ4n) is 3.39. The molecule has 0 saturated heterocycles. The Hall–Kier alpha value is -1.00. The quantitative estimate of drug-likeness (QED) is 0.638. The average molecular weight is 252 g/mol. The Morgan fingerprint density at radius 1 is 1.22 bits per heavy atom. The highest BCUT2D eigenvalue weighted by Crippen LogP contribution is 2.55. The molecule has 0 aliphatic heterocycles. The van der Waals surface area contributed by atoms with E-state index < -0.39 is 5.82 Å². The lowest BCUT2D eigenvalue weighted by atomic mass is 9.90. The van der Waals surface area contributed by atoms with Crippen LogP contribution < -0.4 is 11.3 Å². The molecule has 2 aliphatic carbocycles. The third-order valence-corrected chi connectivity index (χ3v) is 4.51. The van der Waals surface area contributed by atoms with Crippen LogP contribution in [0.3, 0.4) is 0 Å². The summed E-state index contributed by atoms with van der Waals surface area (Å²) in [5.41, 5.74) is 3.21. The van der Waals surface area contributed by atoms with Crippen molar-refractivity contribution in [1.82, 2.24) is 5.43 Å². The van der Waals surface area contributed by atoms with E-state index in [0.717, 1.165) is 17.9 Å². The molecule has 98 valence electrons. The van der Waals surface area contributed by atoms with E-state index in [1.54, 1.807) is 0 Å². The van der Waals surface area contributed by atoms with Gasteiger partial charge in [-0.15, -0.1) is 0 Å². The molecule has 0 bridgehead atoms. The molecule has 3 rings (SSSR count). The molecular weight excluding hydrogens is 234 g/mol. The molecule has 18 heavy (non-hydrogen) atoms. The third-order valence-electron chi connectivity index (χ3n) is 4.51. The van der Waals surface area contributed by atoms with Crippen molar-refractivity contribution in [3.05, 3.63) is 35.4 Å². The molecule has 3 N–H and O–H groups in total. The van der Waals surface area contributed by atoms with E-state index in [-0.39, 0.29) is 11.9 Å². The van der Waals surface area contributed by atoms with Gasteiger partial charge in [-0.2, -0.15) is 0 Å². The summed E-state index contributed by atoms with van der Waals surface area (Å²) in [6.45, 7) is 0. The van der Waals surface area contributed by atoms with Gasteiger partial charge in [0.1, 0.15) is 11.6 Å². The van der Waals surface area contributed by atoms with Gasteiger partial charge in [-0.1, -0.05) is 0 Å². The van der Waals surface area contributed by atoms with E-state index in [2.05, 4.69) is 5.43 Å². The fraction of sp³-hybridized carbons (Fsp3) is 0.571. The summed E-state index contributed by atoms with van der Waals surface area (Å²) >= 11 is 0. The van der Waals surface area contributed by atoms with Crippen LogP contribution in [0.5, 0.6) is 0 Å². The van der Waals surface area contributed by atoms with Gasteiger partial charge in [-0.05, 0) is 67.2 Å². The number of rotatable bonds is 4. The Morgan fingerprint density at radius 2 is 1.94 bits per heavy atom. The number of benzene rings is 1. The molecule has 2 fully saturated rings. The summed E-state index contributed by atoms with van der Waals surface area (Å²) in [5, 5.41) is 0. The maximum Gasteiger partial charge on any atom is 0.126 e. The Labute approximate surface area is 106 Å². The third kappa shape index (κ3) is 2.27. The largest absolute Gasteiger partial charge is 0.271 e. The normalized spacial score (nSPS) is 31.2. The average Bonchev–Trinajstić information content (AvgIpc) is 2.97. The molecule has 4 heteroatoms. The Bertz CT molecular complexity index is 439. The van der Waals surface area contributed by atoms with Crippen molar-refractivity contribution in [3.8, 4) is 0 Å². The number of hydrogen-bond donors (Lipinski definition) is 2. The van der Waals surface area contributed by atoms with Crippen LogP contribution >= 0.6 is 0 Å². The first-order valence-electron chi connectivity index (χ1n) is 6.57. The second-order valence-electron chi connectivity index (χ2n) is 5.70. The van der Waals surface area contributed by atoms with Gasteiger partial charge in [0.05, 0.1) is 0 Å². The van der Waals surface area contributed by atoms with Crippen molar-refractivity contribution in [2.24, 2.45) is 23.6 Å². The molecule has 1 aromatic carbocycles. The highest BCUT2D eigenvalue weighted by molar-refractivity contribution is 5.20. The first-order valence-corrected chi connectivity index (χ1v) is 6.57. The molecule has 0 spiro atoms. The lowest BCUT2D eigenvalue weighted by Gasteiger charge is -2.24. The highest BCUT2D eigenvalue weighted by atomic mass is 19.1. The van der Waals surface area contributed by atoms with Gasteiger partial charge < -0.3 is 0 Å². The number of fused-ring (bicyclic) bond motifs is 1. The minimum absolute atomic E-state index is 0.0501. The van der Waals surface area contributed by atoms with Crippen LogP contribution in [-0.4, -0.2) is 6.04 Å². The van der Waals surface area contributed by atoms with Crippen LogP contribution in [-0.2, 0) is 6.42 Å². The van der Waals surface area contributed by atoms with Gasteiger partial charge in [-0.3, -0.25) is 11.3 Å². The van der Waals surface area contributed by atoms with Crippen LogP contribution in [0.15, 0.2) is 18.2 Å². The molecule has 0 amide bonds. The monoisotopic (exact) mass is 252 g/mol. The van der Waals surface area contributed by atoms with Crippen molar-refractivity contribution in [2.75, 3.05) is 0 Å². The molecule has 2 aliphatic rings. The minimum Gasteiger partial charge on any atom is -0.271 e. The van der Waals surface area contributed by atoms with Crippen LogP contribution in [0, 0.1) is 29.4 Å². The fourth-order valence-corrected chi connectivity index (χ4v) is 3.39. The second-order valence-corrected chi connectivity index (χ2v) is 5.70. The number of hydrazine groups is 1. The van der Waals surface area contributed by atoms with Gasteiger partial charge in [-0.25, -0.2) is 8.78 Å². The summed E-state index contributed by atoms with van der Waals surface area (Å²) in [5.74, 6) is 7.07. The molecule has 2 saturated carbocycles. The number of nitrogens with one attached hydrogen (secondary N) is 1. The van der Waals surface area contributed by atoms with Gasteiger partial charge in [0.2, 0.25) is 0 Å². The number of halogens is 2. The molecule has 3 unspecified atom stereocenters. The summed E-state index contributed by atoms with van der Waals surface area (Å²) in [6, 6.07) is 3.66. The van der Waals surface area contributed by atoms with E-state index in [0.29, 0.717) is 17.9 Å². The van der Waals surface area contributed by atoms with Crippen LogP contribution in [0.1, 0.15) is 24.8 Å². The molecule has 0 aromatic heterocycles. The van der Waals surface area contributed by atoms with Gasteiger partial charge in [0, 0.05) is 6.04 Å². The zero-order valence-electron chi connectivity index (χ0n) is 10.2. The van der Waals surface area contributed by atoms with Gasteiger partial charge in [0.15, 0.2) is 0 Å². The molecule has 1 aromatic rings. The number of nitrogens with two attached hydrogens (primary N) is 1. The summed E-state index contributed by atoms with van der Waals surface area (Å²) in [7, 11) is 0. The Balaban J connectivity index is 1.70. The first-order chi connectivity index (χ1) is 8.67. The molecule has 0 radical (unpaired) electrons. The summed E-state index contributed by atoms with van der Waals surface area (Å²) in [4.78, 5) is 0. The zero-order chi connectivity index (χ0) is 12.7. The molecule has 0 heterocycles. The first kappa shape index (κ1) is 12.1. The maximum absolute atomic E-state index is 13.6. The van der Waals surface area contributed by atoms with Crippen LogP contribution in [0.4, 0.5) is 8.78 Å². The standard InChI is InChI=1S/C14H18F2N2/c15-12-1-2-13(16)10(6-12)7-14(18-17)11-4-8-3-9(8)5-11/h1-2,6,8-9,11,14,18H,3-5,7,17H2.